The highest BCUT2D eigenvalue weighted by molar-refractivity contribution is 9.11. The number of likely N-dealkylation sites (N-methyl/N-ethyl adjacent to an activating group) is 1. The maximum absolute atomic E-state index is 12.4. The fourth-order valence-electron chi connectivity index (χ4n) is 2.69. The summed E-state index contributed by atoms with van der Waals surface area (Å²) < 4.78 is 2.87. The number of rotatable bonds is 6. The lowest BCUT2D eigenvalue weighted by Gasteiger charge is -2.16. The Balaban J connectivity index is 1.72. The van der Waals surface area contributed by atoms with E-state index in [4.69, 9.17) is 0 Å². The molecular formula is C18H19BrN4O2S. The van der Waals surface area contributed by atoms with E-state index in [1.165, 1.54) is 16.2 Å². The molecule has 2 amide bonds. The minimum atomic E-state index is -0.274. The van der Waals surface area contributed by atoms with E-state index in [-0.39, 0.29) is 18.4 Å². The zero-order valence-electron chi connectivity index (χ0n) is 14.5. The molecule has 0 radical (unpaired) electrons. The van der Waals surface area contributed by atoms with Crippen LogP contribution in [-0.4, -0.2) is 39.9 Å². The minimum Gasteiger partial charge on any atom is -0.332 e. The molecule has 0 aliphatic heterocycles. The number of nitrogens with one attached hydrogen (secondary N) is 1. The number of hydrogen-bond acceptors (Lipinski definition) is 4. The van der Waals surface area contributed by atoms with Gasteiger partial charge in [0.05, 0.1) is 26.2 Å². The molecule has 0 saturated heterocycles. The Hall–Kier alpha value is -2.19. The molecule has 0 spiro atoms. The molecular weight excluding hydrogens is 416 g/mol. The van der Waals surface area contributed by atoms with E-state index < -0.39 is 0 Å². The van der Waals surface area contributed by atoms with Crippen molar-refractivity contribution in [1.82, 2.24) is 14.5 Å². The van der Waals surface area contributed by atoms with Gasteiger partial charge in [-0.1, -0.05) is 19.1 Å². The molecule has 0 atom stereocenters. The number of fused-ring (bicyclic) bond motifs is 1. The molecule has 0 aliphatic rings. The summed E-state index contributed by atoms with van der Waals surface area (Å²) in [7, 11) is 1.62. The van der Waals surface area contributed by atoms with Gasteiger partial charge in [-0.3, -0.25) is 14.9 Å². The van der Waals surface area contributed by atoms with E-state index >= 15 is 0 Å². The highest BCUT2D eigenvalue weighted by Gasteiger charge is 2.18. The van der Waals surface area contributed by atoms with Crippen molar-refractivity contribution >= 4 is 56.1 Å². The van der Waals surface area contributed by atoms with Gasteiger partial charge in [0.1, 0.15) is 0 Å². The van der Waals surface area contributed by atoms with Gasteiger partial charge in [0.2, 0.25) is 11.9 Å². The summed E-state index contributed by atoms with van der Waals surface area (Å²) in [5.41, 5.74) is 1.82. The average molecular weight is 435 g/mol. The van der Waals surface area contributed by atoms with E-state index in [0.29, 0.717) is 10.8 Å². The molecule has 1 aromatic carbocycles. The van der Waals surface area contributed by atoms with Gasteiger partial charge in [-0.15, -0.1) is 11.3 Å². The van der Waals surface area contributed by atoms with Crippen LogP contribution in [0.1, 0.15) is 23.0 Å². The maximum Gasteiger partial charge on any atom is 0.264 e. The summed E-state index contributed by atoms with van der Waals surface area (Å²) in [4.78, 5) is 31.3. The number of aromatic nitrogens is 2. The lowest BCUT2D eigenvalue weighted by Crippen LogP contribution is -2.35. The van der Waals surface area contributed by atoms with Gasteiger partial charge in [0, 0.05) is 13.6 Å². The van der Waals surface area contributed by atoms with Crippen molar-refractivity contribution in [1.29, 1.82) is 0 Å². The third-order valence-corrected chi connectivity index (χ3v) is 5.48. The molecule has 136 valence electrons. The first kappa shape index (κ1) is 18.6. The quantitative estimate of drug-likeness (QED) is 0.637. The summed E-state index contributed by atoms with van der Waals surface area (Å²) in [6.45, 7) is 2.80. The van der Waals surface area contributed by atoms with Gasteiger partial charge in [-0.25, -0.2) is 4.98 Å². The lowest BCUT2D eigenvalue weighted by molar-refractivity contribution is -0.116. The van der Waals surface area contributed by atoms with Crippen LogP contribution >= 0.6 is 27.3 Å². The van der Waals surface area contributed by atoms with Crippen LogP contribution in [0.4, 0.5) is 5.95 Å². The van der Waals surface area contributed by atoms with Crippen LogP contribution in [0.5, 0.6) is 0 Å². The van der Waals surface area contributed by atoms with E-state index in [2.05, 4.69) is 33.2 Å². The monoisotopic (exact) mass is 434 g/mol. The third kappa shape index (κ3) is 3.96. The van der Waals surface area contributed by atoms with Crippen molar-refractivity contribution in [3.8, 4) is 0 Å². The number of imidazole rings is 1. The number of aryl methyl sites for hydroxylation is 1. The van der Waals surface area contributed by atoms with Crippen molar-refractivity contribution in [2.24, 2.45) is 0 Å². The fourth-order valence-corrected chi connectivity index (χ4v) is 4.07. The van der Waals surface area contributed by atoms with E-state index in [1.54, 1.807) is 13.1 Å². The second kappa shape index (κ2) is 8.01. The number of hydrogen-bond donors (Lipinski definition) is 1. The first-order valence-corrected chi connectivity index (χ1v) is 9.86. The van der Waals surface area contributed by atoms with Crippen molar-refractivity contribution in [3.05, 3.63) is 45.1 Å². The van der Waals surface area contributed by atoms with Crippen LogP contribution in [0.25, 0.3) is 11.0 Å². The van der Waals surface area contributed by atoms with Crippen LogP contribution in [-0.2, 0) is 11.3 Å². The van der Waals surface area contributed by atoms with Crippen LogP contribution in [0.3, 0.4) is 0 Å². The van der Waals surface area contributed by atoms with Gasteiger partial charge in [0.25, 0.3) is 5.91 Å². The molecule has 2 heterocycles. The fraction of sp³-hybridized carbons (Fsp3) is 0.278. The standard InChI is InChI=1S/C18H19BrN4O2S/c1-3-10-23-13-7-5-4-6-12(13)20-18(23)21-16(24)11-22(2)17(25)14-8-9-15(19)26-14/h4-9H,3,10-11H2,1-2H3,(H,20,21,24). The Morgan fingerprint density at radius 1 is 1.27 bits per heavy atom. The SMILES string of the molecule is CCCn1c(NC(=O)CN(C)C(=O)c2ccc(Br)s2)nc2ccccc21. The molecule has 0 fully saturated rings. The molecule has 26 heavy (non-hydrogen) atoms. The van der Waals surface area contributed by atoms with Crippen LogP contribution in [0.15, 0.2) is 40.2 Å². The highest BCUT2D eigenvalue weighted by atomic mass is 79.9. The zero-order valence-corrected chi connectivity index (χ0v) is 16.9. The van der Waals surface area contributed by atoms with Crippen LogP contribution in [0.2, 0.25) is 0 Å². The number of amides is 2. The average Bonchev–Trinajstić information content (AvgIpc) is 3.19. The third-order valence-electron chi connectivity index (χ3n) is 3.86. The van der Waals surface area contributed by atoms with Gasteiger partial charge < -0.3 is 9.47 Å². The topological polar surface area (TPSA) is 67.2 Å². The van der Waals surface area contributed by atoms with Crippen molar-refractivity contribution in [3.63, 3.8) is 0 Å². The Bertz CT molecular complexity index is 950. The number of para-hydroxylation sites is 2. The molecule has 6 nitrogen and oxygen atoms in total. The number of nitrogens with zero attached hydrogens (tertiary/aromatic N) is 3. The summed E-state index contributed by atoms with van der Waals surface area (Å²) in [6, 6.07) is 11.3. The molecule has 8 heteroatoms. The maximum atomic E-state index is 12.4. The molecule has 1 N–H and O–H groups in total. The first-order chi connectivity index (χ1) is 12.5. The Morgan fingerprint density at radius 2 is 2.04 bits per heavy atom. The number of carbonyl (C=O) groups is 2. The minimum absolute atomic E-state index is 0.0380. The number of carbonyl (C=O) groups excluding carboxylic acids is 2. The number of anilines is 1. The molecule has 0 aliphatic carbocycles. The predicted octanol–water partition coefficient (Wildman–Crippen LogP) is 3.98. The molecule has 0 saturated carbocycles. The number of halogens is 1. The van der Waals surface area contributed by atoms with Crippen molar-refractivity contribution in [2.75, 3.05) is 18.9 Å². The Kier molecular flexibility index (Phi) is 5.73. The Morgan fingerprint density at radius 3 is 2.73 bits per heavy atom. The summed E-state index contributed by atoms with van der Waals surface area (Å²) in [5.74, 6) is 0.0554. The molecule has 0 bridgehead atoms. The zero-order chi connectivity index (χ0) is 18.7. The molecule has 3 aromatic rings. The summed E-state index contributed by atoms with van der Waals surface area (Å²) in [5, 5.41) is 2.84. The molecule has 3 rings (SSSR count). The van der Waals surface area contributed by atoms with Crippen molar-refractivity contribution < 1.29 is 9.59 Å². The van der Waals surface area contributed by atoms with E-state index in [0.717, 1.165) is 27.8 Å². The second-order valence-electron chi connectivity index (χ2n) is 5.89. The first-order valence-electron chi connectivity index (χ1n) is 8.25. The lowest BCUT2D eigenvalue weighted by atomic mass is 10.3. The molecule has 2 aromatic heterocycles. The van der Waals surface area contributed by atoms with Crippen LogP contribution in [0, 0.1) is 0 Å². The van der Waals surface area contributed by atoms with Gasteiger partial charge in [-0.05, 0) is 46.6 Å². The van der Waals surface area contributed by atoms with Gasteiger partial charge in [0.15, 0.2) is 0 Å². The summed E-state index contributed by atoms with van der Waals surface area (Å²) in [6.07, 6.45) is 0.925. The van der Waals surface area contributed by atoms with Gasteiger partial charge >= 0.3 is 0 Å². The second-order valence-corrected chi connectivity index (χ2v) is 8.35. The normalized spacial score (nSPS) is 10.9. The molecule has 0 unspecified atom stereocenters. The summed E-state index contributed by atoms with van der Waals surface area (Å²) >= 11 is 4.69. The smallest absolute Gasteiger partial charge is 0.264 e. The van der Waals surface area contributed by atoms with Crippen LogP contribution < -0.4 is 5.32 Å². The highest BCUT2D eigenvalue weighted by Crippen LogP contribution is 2.23. The number of benzene rings is 1. The van der Waals surface area contributed by atoms with Gasteiger partial charge in [-0.2, -0.15) is 0 Å². The van der Waals surface area contributed by atoms with E-state index in [1.807, 2.05) is 34.9 Å². The largest absolute Gasteiger partial charge is 0.332 e. The van der Waals surface area contributed by atoms with Crippen molar-refractivity contribution in [2.45, 2.75) is 19.9 Å². The predicted molar refractivity (Wildman–Crippen MR) is 108 cm³/mol. The van der Waals surface area contributed by atoms with E-state index in [9.17, 15) is 9.59 Å². The number of thiophene rings is 1. The Labute approximate surface area is 164 Å².